The summed E-state index contributed by atoms with van der Waals surface area (Å²) in [5.41, 5.74) is -0.261. The molecule has 104 valence electrons. The molecule has 0 unspecified atom stereocenters. The summed E-state index contributed by atoms with van der Waals surface area (Å²) in [6.07, 6.45) is 5.44. The lowest BCUT2D eigenvalue weighted by molar-refractivity contribution is -0.225. The fourth-order valence-electron chi connectivity index (χ4n) is 4.14. The summed E-state index contributed by atoms with van der Waals surface area (Å²) in [7, 11) is 0. The van der Waals surface area contributed by atoms with Crippen LogP contribution in [0.1, 0.15) is 52.9 Å². The second-order valence-corrected chi connectivity index (χ2v) is 6.89. The summed E-state index contributed by atoms with van der Waals surface area (Å²) in [6, 6.07) is 0. The Morgan fingerprint density at radius 2 is 1.94 bits per heavy atom. The van der Waals surface area contributed by atoms with E-state index >= 15 is 0 Å². The first-order chi connectivity index (χ1) is 8.27. The third-order valence-electron chi connectivity index (χ3n) is 5.77. The molecule has 1 saturated carbocycles. The van der Waals surface area contributed by atoms with Gasteiger partial charge in [-0.2, -0.15) is 0 Å². The number of hydrogen-bond acceptors (Lipinski definition) is 3. The van der Waals surface area contributed by atoms with Crippen molar-refractivity contribution in [3.05, 3.63) is 11.6 Å². The van der Waals surface area contributed by atoms with Gasteiger partial charge in [-0.1, -0.05) is 19.9 Å². The molecule has 0 saturated heterocycles. The van der Waals surface area contributed by atoms with Crippen LogP contribution in [0.25, 0.3) is 0 Å². The Labute approximate surface area is 110 Å². The molecule has 3 nitrogen and oxygen atoms in total. The molecular formula is C15H26O3. The van der Waals surface area contributed by atoms with Gasteiger partial charge in [-0.25, -0.2) is 0 Å². The average Bonchev–Trinajstić information content (AvgIpc) is 2.34. The van der Waals surface area contributed by atoms with Gasteiger partial charge in [-0.15, -0.1) is 0 Å². The van der Waals surface area contributed by atoms with Gasteiger partial charge in [0, 0.05) is 5.41 Å². The number of aliphatic hydroxyl groups excluding tert-OH is 2. The fourth-order valence-corrected chi connectivity index (χ4v) is 4.14. The highest BCUT2D eigenvalue weighted by Gasteiger charge is 2.61. The fraction of sp³-hybridized carbons (Fsp3) is 0.867. The minimum atomic E-state index is -1.05. The van der Waals surface area contributed by atoms with Crippen LogP contribution in [0.3, 0.4) is 0 Å². The predicted octanol–water partition coefficient (Wildman–Crippen LogP) is 2.01. The van der Waals surface area contributed by atoms with Crippen molar-refractivity contribution in [3.8, 4) is 0 Å². The molecule has 2 aliphatic rings. The van der Waals surface area contributed by atoms with Gasteiger partial charge in [0.1, 0.15) is 0 Å². The summed E-state index contributed by atoms with van der Waals surface area (Å²) >= 11 is 0. The number of rotatable bonds is 1. The van der Waals surface area contributed by atoms with Crippen LogP contribution in [0.5, 0.6) is 0 Å². The van der Waals surface area contributed by atoms with Crippen molar-refractivity contribution in [1.82, 2.24) is 0 Å². The maximum absolute atomic E-state index is 10.9. The minimum Gasteiger partial charge on any atom is -0.392 e. The van der Waals surface area contributed by atoms with Crippen molar-refractivity contribution in [1.29, 1.82) is 0 Å². The maximum Gasteiger partial charge on any atom is 0.0941 e. The SMILES string of the molecule is CC1(C)CC[C@@H](O)[C@@](C)(O)[C@]12CC=C(CO)CC2. The van der Waals surface area contributed by atoms with Crippen molar-refractivity contribution >= 4 is 0 Å². The molecule has 18 heavy (non-hydrogen) atoms. The minimum absolute atomic E-state index is 0.00716. The van der Waals surface area contributed by atoms with E-state index in [9.17, 15) is 15.3 Å². The first-order valence-electron chi connectivity index (χ1n) is 6.96. The van der Waals surface area contributed by atoms with Gasteiger partial charge in [0.15, 0.2) is 0 Å². The van der Waals surface area contributed by atoms with Crippen LogP contribution in [0.2, 0.25) is 0 Å². The van der Waals surface area contributed by atoms with E-state index in [4.69, 9.17) is 0 Å². The highest BCUT2D eigenvalue weighted by atomic mass is 16.3. The molecule has 0 aliphatic heterocycles. The molecule has 0 bridgehead atoms. The van der Waals surface area contributed by atoms with Gasteiger partial charge in [0.25, 0.3) is 0 Å². The first-order valence-corrected chi connectivity index (χ1v) is 6.96. The van der Waals surface area contributed by atoms with Crippen molar-refractivity contribution in [2.24, 2.45) is 10.8 Å². The molecule has 0 radical (unpaired) electrons. The second-order valence-electron chi connectivity index (χ2n) is 6.89. The Kier molecular flexibility index (Phi) is 3.37. The Balaban J connectivity index is 2.40. The van der Waals surface area contributed by atoms with Gasteiger partial charge in [-0.3, -0.25) is 0 Å². The molecule has 2 aliphatic carbocycles. The summed E-state index contributed by atoms with van der Waals surface area (Å²) in [4.78, 5) is 0. The molecule has 2 rings (SSSR count). The van der Waals surface area contributed by atoms with Crippen molar-refractivity contribution < 1.29 is 15.3 Å². The monoisotopic (exact) mass is 254 g/mol. The summed E-state index contributed by atoms with van der Waals surface area (Å²) in [6.45, 7) is 6.30. The summed E-state index contributed by atoms with van der Waals surface area (Å²) in [5.74, 6) is 0. The van der Waals surface area contributed by atoms with Crippen LogP contribution in [0.4, 0.5) is 0 Å². The molecule has 1 fully saturated rings. The van der Waals surface area contributed by atoms with Crippen LogP contribution in [0, 0.1) is 10.8 Å². The first kappa shape index (κ1) is 14.0. The van der Waals surface area contributed by atoms with Crippen LogP contribution in [-0.2, 0) is 0 Å². The molecular weight excluding hydrogens is 228 g/mol. The quantitative estimate of drug-likeness (QED) is 0.627. The molecule has 0 aromatic rings. The van der Waals surface area contributed by atoms with Crippen LogP contribution >= 0.6 is 0 Å². The van der Waals surface area contributed by atoms with Gasteiger partial charge in [0.2, 0.25) is 0 Å². The molecule has 0 amide bonds. The van der Waals surface area contributed by atoms with Crippen LogP contribution in [0.15, 0.2) is 11.6 Å². The van der Waals surface area contributed by atoms with E-state index in [2.05, 4.69) is 19.9 Å². The molecule has 0 aromatic heterocycles. The van der Waals surface area contributed by atoms with E-state index in [0.29, 0.717) is 6.42 Å². The van der Waals surface area contributed by atoms with E-state index in [0.717, 1.165) is 31.3 Å². The van der Waals surface area contributed by atoms with Crippen LogP contribution in [-0.4, -0.2) is 33.6 Å². The zero-order valence-corrected chi connectivity index (χ0v) is 11.7. The van der Waals surface area contributed by atoms with Gasteiger partial charge < -0.3 is 15.3 Å². The average molecular weight is 254 g/mol. The lowest BCUT2D eigenvalue weighted by Gasteiger charge is -2.61. The Hall–Kier alpha value is -0.380. The zero-order chi connectivity index (χ0) is 13.6. The normalized spacial score (nSPS) is 43.9. The molecule has 3 heteroatoms. The zero-order valence-electron chi connectivity index (χ0n) is 11.7. The maximum atomic E-state index is 10.9. The van der Waals surface area contributed by atoms with Gasteiger partial charge >= 0.3 is 0 Å². The van der Waals surface area contributed by atoms with E-state index in [1.165, 1.54) is 0 Å². The van der Waals surface area contributed by atoms with E-state index < -0.39 is 11.7 Å². The third-order valence-corrected chi connectivity index (χ3v) is 5.77. The number of allylic oxidation sites excluding steroid dienone is 1. The van der Waals surface area contributed by atoms with Crippen molar-refractivity contribution in [3.63, 3.8) is 0 Å². The molecule has 3 N–H and O–H groups in total. The number of hydrogen-bond donors (Lipinski definition) is 3. The largest absolute Gasteiger partial charge is 0.392 e. The smallest absolute Gasteiger partial charge is 0.0941 e. The standard InChI is InChI=1S/C15H26O3/c1-13(2)7-6-12(17)14(3,18)15(13)8-4-11(10-16)5-9-15/h4,12,16-18H,5-10H2,1-3H3/t12-,14-,15+/m1/s1. The van der Waals surface area contributed by atoms with E-state index in [1.807, 2.05) is 0 Å². The lowest BCUT2D eigenvalue weighted by atomic mass is 9.46. The molecule has 3 atom stereocenters. The van der Waals surface area contributed by atoms with Crippen LogP contribution < -0.4 is 0 Å². The third kappa shape index (κ3) is 1.75. The van der Waals surface area contributed by atoms with Gasteiger partial charge in [-0.05, 0) is 50.0 Å². The summed E-state index contributed by atoms with van der Waals surface area (Å²) < 4.78 is 0. The lowest BCUT2D eigenvalue weighted by Crippen LogP contribution is -2.64. The topological polar surface area (TPSA) is 60.7 Å². The molecule has 0 aromatic carbocycles. The summed E-state index contributed by atoms with van der Waals surface area (Å²) in [5, 5.41) is 30.3. The van der Waals surface area contributed by atoms with E-state index in [-0.39, 0.29) is 17.4 Å². The highest BCUT2D eigenvalue weighted by Crippen LogP contribution is 2.61. The van der Waals surface area contributed by atoms with Crippen molar-refractivity contribution in [2.75, 3.05) is 6.61 Å². The van der Waals surface area contributed by atoms with Crippen molar-refractivity contribution in [2.45, 2.75) is 64.6 Å². The van der Waals surface area contributed by atoms with E-state index in [1.54, 1.807) is 6.92 Å². The number of aliphatic hydroxyl groups is 3. The van der Waals surface area contributed by atoms with Gasteiger partial charge in [0.05, 0.1) is 18.3 Å². The Bertz CT molecular complexity index is 357. The second kappa shape index (κ2) is 4.32. The predicted molar refractivity (Wildman–Crippen MR) is 71.1 cm³/mol. The molecule has 1 spiro atoms. The Morgan fingerprint density at radius 3 is 2.44 bits per heavy atom. The highest BCUT2D eigenvalue weighted by molar-refractivity contribution is 5.20. The molecule has 0 heterocycles. The Morgan fingerprint density at radius 1 is 1.28 bits per heavy atom.